The van der Waals surface area contributed by atoms with Crippen LogP contribution in [0.1, 0.15) is 6.42 Å². The summed E-state index contributed by atoms with van der Waals surface area (Å²) in [6.07, 6.45) is 4.86. The van der Waals surface area contributed by atoms with E-state index in [4.69, 9.17) is 0 Å². The van der Waals surface area contributed by atoms with Crippen molar-refractivity contribution in [1.29, 1.82) is 0 Å². The molecule has 88 valence electrons. The maximum Gasteiger partial charge on any atom is 0.112 e. The zero-order valence-electron chi connectivity index (χ0n) is 9.11. The molecule has 1 unspecified atom stereocenters. The van der Waals surface area contributed by atoms with Crippen molar-refractivity contribution >= 4 is 48.6 Å². The van der Waals surface area contributed by atoms with Gasteiger partial charge in [-0.2, -0.15) is 0 Å². The lowest BCUT2D eigenvalue weighted by Gasteiger charge is -2.18. The van der Waals surface area contributed by atoms with E-state index >= 15 is 0 Å². The monoisotopic (exact) mass is 355 g/mol. The summed E-state index contributed by atoms with van der Waals surface area (Å²) in [7, 11) is 0. The summed E-state index contributed by atoms with van der Waals surface area (Å²) in [4.78, 5) is 11.8. The quantitative estimate of drug-likeness (QED) is 0.733. The Morgan fingerprint density at radius 1 is 1.35 bits per heavy atom. The van der Waals surface area contributed by atoms with Crippen molar-refractivity contribution in [3.63, 3.8) is 0 Å². The van der Waals surface area contributed by atoms with Crippen LogP contribution in [0.5, 0.6) is 0 Å². The van der Waals surface area contributed by atoms with Crippen molar-refractivity contribution in [2.24, 2.45) is 0 Å². The smallest absolute Gasteiger partial charge is 0.112 e. The molecule has 5 heteroatoms. The van der Waals surface area contributed by atoms with Crippen molar-refractivity contribution in [2.45, 2.75) is 11.2 Å². The Labute approximate surface area is 117 Å². The fourth-order valence-corrected chi connectivity index (χ4v) is 3.06. The molecule has 17 heavy (non-hydrogen) atoms. The van der Waals surface area contributed by atoms with Gasteiger partial charge < -0.3 is 4.90 Å². The summed E-state index contributed by atoms with van der Waals surface area (Å²) in [5.74, 6) is 0. The number of hydrogen-bond acceptors (Lipinski definition) is 3. The highest BCUT2D eigenvalue weighted by Crippen LogP contribution is 2.29. The Balaban J connectivity index is 2.10. The van der Waals surface area contributed by atoms with Gasteiger partial charge in [-0.25, -0.2) is 0 Å². The lowest BCUT2D eigenvalue weighted by atomic mass is 10.2. The molecule has 1 saturated heterocycles. The van der Waals surface area contributed by atoms with Crippen LogP contribution in [0, 0.1) is 0 Å². The van der Waals surface area contributed by atoms with Gasteiger partial charge in [-0.15, -0.1) is 0 Å². The van der Waals surface area contributed by atoms with E-state index in [1.807, 2.05) is 24.5 Å². The molecule has 0 spiro atoms. The van der Waals surface area contributed by atoms with Gasteiger partial charge in [0.15, 0.2) is 0 Å². The number of rotatable bonds is 1. The molecule has 3 heterocycles. The second kappa shape index (κ2) is 4.53. The Bertz CT molecular complexity index is 558. The number of pyridine rings is 2. The van der Waals surface area contributed by atoms with Gasteiger partial charge in [0, 0.05) is 34.8 Å². The van der Waals surface area contributed by atoms with Gasteiger partial charge in [0.05, 0.1) is 11.2 Å². The summed E-state index contributed by atoms with van der Waals surface area (Å²) in [6, 6.07) is 4.06. The molecule has 1 aliphatic heterocycles. The molecular weight excluding hydrogens is 346 g/mol. The van der Waals surface area contributed by atoms with Crippen LogP contribution in [0.3, 0.4) is 0 Å². The standard InChI is InChI=1S/C12H11Br2N3/c13-8-2-4-17(7-8)11-1-3-15-10-5-9(14)6-16-12(10)11/h1,3,5-6,8H,2,4,7H2. The van der Waals surface area contributed by atoms with Crippen LogP contribution in [-0.2, 0) is 0 Å². The molecule has 0 amide bonds. The third kappa shape index (κ3) is 2.18. The highest BCUT2D eigenvalue weighted by atomic mass is 79.9. The SMILES string of the molecule is Brc1cnc2c(N3CCC(Br)C3)ccnc2c1. The van der Waals surface area contributed by atoms with Gasteiger partial charge >= 0.3 is 0 Å². The maximum absolute atomic E-state index is 4.48. The van der Waals surface area contributed by atoms with Crippen molar-refractivity contribution in [3.05, 3.63) is 29.0 Å². The van der Waals surface area contributed by atoms with E-state index in [0.717, 1.165) is 28.6 Å². The predicted octanol–water partition coefficient (Wildman–Crippen LogP) is 3.37. The summed E-state index contributed by atoms with van der Waals surface area (Å²) in [5.41, 5.74) is 3.11. The minimum absolute atomic E-state index is 0.584. The van der Waals surface area contributed by atoms with Gasteiger partial charge in [-0.05, 0) is 34.5 Å². The molecule has 0 radical (unpaired) electrons. The van der Waals surface area contributed by atoms with E-state index < -0.39 is 0 Å². The first kappa shape index (κ1) is 11.4. The van der Waals surface area contributed by atoms with E-state index in [2.05, 4.69) is 46.7 Å². The van der Waals surface area contributed by atoms with Gasteiger partial charge in [0.2, 0.25) is 0 Å². The Hall–Kier alpha value is -0.680. The van der Waals surface area contributed by atoms with E-state index in [1.54, 1.807) is 0 Å². The summed E-state index contributed by atoms with van der Waals surface area (Å²) < 4.78 is 0.967. The molecule has 0 aromatic carbocycles. The van der Waals surface area contributed by atoms with Crippen LogP contribution in [0.25, 0.3) is 11.0 Å². The van der Waals surface area contributed by atoms with Crippen LogP contribution in [-0.4, -0.2) is 27.9 Å². The zero-order valence-corrected chi connectivity index (χ0v) is 12.3. The molecule has 1 atom stereocenters. The fourth-order valence-electron chi connectivity index (χ4n) is 2.18. The van der Waals surface area contributed by atoms with E-state index in [1.165, 1.54) is 12.1 Å². The largest absolute Gasteiger partial charge is 0.369 e. The number of alkyl halides is 1. The van der Waals surface area contributed by atoms with Crippen molar-refractivity contribution in [3.8, 4) is 0 Å². The summed E-state index contributed by atoms with van der Waals surface area (Å²) >= 11 is 7.09. The summed E-state index contributed by atoms with van der Waals surface area (Å²) in [5, 5.41) is 0. The molecule has 0 N–H and O–H groups in total. The lowest BCUT2D eigenvalue weighted by Crippen LogP contribution is -2.20. The number of halogens is 2. The van der Waals surface area contributed by atoms with Gasteiger partial charge in [-0.3, -0.25) is 9.97 Å². The fraction of sp³-hybridized carbons (Fsp3) is 0.333. The van der Waals surface area contributed by atoms with Crippen LogP contribution in [0.4, 0.5) is 5.69 Å². The Kier molecular flexibility index (Phi) is 3.04. The van der Waals surface area contributed by atoms with Gasteiger partial charge in [-0.1, -0.05) is 15.9 Å². The molecule has 0 aliphatic carbocycles. The van der Waals surface area contributed by atoms with Crippen LogP contribution in [0.2, 0.25) is 0 Å². The Morgan fingerprint density at radius 3 is 3.00 bits per heavy atom. The predicted molar refractivity (Wildman–Crippen MR) is 76.8 cm³/mol. The van der Waals surface area contributed by atoms with Crippen molar-refractivity contribution < 1.29 is 0 Å². The van der Waals surface area contributed by atoms with Crippen molar-refractivity contribution in [1.82, 2.24) is 9.97 Å². The molecular formula is C12H11Br2N3. The molecule has 1 fully saturated rings. The van der Waals surface area contributed by atoms with Crippen LogP contribution >= 0.6 is 31.9 Å². The normalized spacial score (nSPS) is 20.1. The number of anilines is 1. The third-order valence-electron chi connectivity index (χ3n) is 2.99. The molecule has 1 aliphatic rings. The zero-order chi connectivity index (χ0) is 11.8. The second-order valence-electron chi connectivity index (χ2n) is 4.18. The minimum atomic E-state index is 0.584. The van der Waals surface area contributed by atoms with Crippen LogP contribution in [0.15, 0.2) is 29.0 Å². The molecule has 0 saturated carbocycles. The molecule has 2 aromatic rings. The van der Waals surface area contributed by atoms with E-state index in [-0.39, 0.29) is 0 Å². The van der Waals surface area contributed by atoms with Crippen molar-refractivity contribution in [2.75, 3.05) is 18.0 Å². The molecule has 0 bridgehead atoms. The van der Waals surface area contributed by atoms with Gasteiger partial charge in [0.25, 0.3) is 0 Å². The number of nitrogens with zero attached hydrogens (tertiary/aromatic N) is 3. The topological polar surface area (TPSA) is 29.0 Å². The number of aromatic nitrogens is 2. The first-order valence-corrected chi connectivity index (χ1v) is 7.24. The molecule has 3 rings (SSSR count). The number of hydrogen-bond donors (Lipinski definition) is 0. The summed E-state index contributed by atoms with van der Waals surface area (Å²) in [6.45, 7) is 2.11. The second-order valence-corrected chi connectivity index (χ2v) is 6.39. The third-order valence-corrected chi connectivity index (χ3v) is 4.18. The average Bonchev–Trinajstić information content (AvgIpc) is 2.74. The van der Waals surface area contributed by atoms with E-state index in [9.17, 15) is 0 Å². The van der Waals surface area contributed by atoms with Gasteiger partial charge in [0.1, 0.15) is 5.52 Å². The van der Waals surface area contributed by atoms with E-state index in [0.29, 0.717) is 4.83 Å². The first-order chi connectivity index (χ1) is 8.24. The first-order valence-electron chi connectivity index (χ1n) is 5.53. The molecule has 3 nitrogen and oxygen atoms in total. The Morgan fingerprint density at radius 2 is 2.24 bits per heavy atom. The maximum atomic E-state index is 4.48. The minimum Gasteiger partial charge on any atom is -0.369 e. The highest BCUT2D eigenvalue weighted by molar-refractivity contribution is 9.10. The number of fused-ring (bicyclic) bond motifs is 1. The lowest BCUT2D eigenvalue weighted by molar-refractivity contribution is 0.968. The average molecular weight is 357 g/mol. The highest BCUT2D eigenvalue weighted by Gasteiger charge is 2.22. The molecule has 2 aromatic heterocycles. The van der Waals surface area contributed by atoms with Crippen LogP contribution < -0.4 is 4.90 Å².